The summed E-state index contributed by atoms with van der Waals surface area (Å²) in [5.41, 5.74) is 10.8. The van der Waals surface area contributed by atoms with Crippen molar-refractivity contribution in [2.75, 3.05) is 44.4 Å². The summed E-state index contributed by atoms with van der Waals surface area (Å²) in [6.45, 7) is 3.69. The quantitative estimate of drug-likeness (QED) is 0.253. The van der Waals surface area contributed by atoms with Gasteiger partial charge < -0.3 is 26.4 Å². The lowest BCUT2D eigenvalue weighted by Gasteiger charge is -2.13. The van der Waals surface area contributed by atoms with Crippen LogP contribution in [0.4, 0.5) is 10.9 Å². The number of thiazole rings is 1. The number of methoxy groups -OCH3 is 1. The number of carbonyl (C=O) groups is 1. The van der Waals surface area contributed by atoms with Gasteiger partial charge in [0.2, 0.25) is 11.9 Å². The minimum atomic E-state index is -0.00512. The Hall–Kier alpha value is -2.96. The lowest BCUT2D eigenvalue weighted by molar-refractivity contribution is -0.116. The first-order valence-electron chi connectivity index (χ1n) is 11.5. The van der Waals surface area contributed by atoms with Gasteiger partial charge in [-0.25, -0.2) is 15.0 Å². The Balaban J connectivity index is 1.43. The third-order valence-corrected chi connectivity index (χ3v) is 7.98. The van der Waals surface area contributed by atoms with Crippen LogP contribution in [0.25, 0.3) is 31.9 Å². The summed E-state index contributed by atoms with van der Waals surface area (Å²) in [5, 5.41) is 11.6. The fourth-order valence-electron chi connectivity index (χ4n) is 4.04. The highest BCUT2D eigenvalue weighted by molar-refractivity contribution is 7.23. The van der Waals surface area contributed by atoms with E-state index in [-0.39, 0.29) is 11.9 Å². The molecule has 5 rings (SSSR count). The molecule has 182 valence electrons. The minimum Gasteiger partial charge on any atom is -0.383 e. The molecule has 3 aromatic heterocycles. The van der Waals surface area contributed by atoms with E-state index in [1.165, 1.54) is 10.4 Å². The van der Waals surface area contributed by atoms with Crippen LogP contribution >= 0.6 is 22.7 Å². The van der Waals surface area contributed by atoms with Crippen LogP contribution in [-0.2, 0) is 22.5 Å². The first kappa shape index (κ1) is 23.8. The summed E-state index contributed by atoms with van der Waals surface area (Å²) in [5.74, 6) is 0.251. The molecule has 11 heteroatoms. The lowest BCUT2D eigenvalue weighted by atomic mass is 10.0. The SMILES string of the molecule is COCCNCCC(=O)Nc1sc2c(c1-c1nc3ccc(-c4cnc(N)nc4)cc3s1)CCNC2. The minimum absolute atomic E-state index is 0.00512. The van der Waals surface area contributed by atoms with Crippen molar-refractivity contribution in [3.8, 4) is 21.7 Å². The number of benzene rings is 1. The number of nitrogen functional groups attached to an aromatic ring is 1. The maximum Gasteiger partial charge on any atom is 0.226 e. The normalized spacial score (nSPS) is 13.2. The summed E-state index contributed by atoms with van der Waals surface area (Å²) >= 11 is 3.29. The van der Waals surface area contributed by atoms with Gasteiger partial charge in [-0.15, -0.1) is 22.7 Å². The van der Waals surface area contributed by atoms with Crippen molar-refractivity contribution in [3.05, 3.63) is 41.0 Å². The number of thiophene rings is 1. The molecule has 0 aliphatic carbocycles. The first-order chi connectivity index (χ1) is 17.1. The largest absolute Gasteiger partial charge is 0.383 e. The fourth-order valence-corrected chi connectivity index (χ4v) is 6.42. The van der Waals surface area contributed by atoms with Crippen molar-refractivity contribution in [2.45, 2.75) is 19.4 Å². The average molecular weight is 510 g/mol. The van der Waals surface area contributed by atoms with Crippen LogP contribution < -0.4 is 21.7 Å². The summed E-state index contributed by atoms with van der Waals surface area (Å²) < 4.78 is 6.11. The number of ether oxygens (including phenoxy) is 1. The van der Waals surface area contributed by atoms with Gasteiger partial charge in [0.05, 0.1) is 16.8 Å². The van der Waals surface area contributed by atoms with Crippen molar-refractivity contribution in [1.29, 1.82) is 0 Å². The zero-order chi connectivity index (χ0) is 24.2. The number of fused-ring (bicyclic) bond motifs is 2. The molecule has 35 heavy (non-hydrogen) atoms. The third-order valence-electron chi connectivity index (χ3n) is 5.80. The van der Waals surface area contributed by atoms with Crippen molar-refractivity contribution in [3.63, 3.8) is 0 Å². The van der Waals surface area contributed by atoms with E-state index in [2.05, 4.69) is 32.0 Å². The van der Waals surface area contributed by atoms with Gasteiger partial charge in [0.1, 0.15) is 10.0 Å². The summed E-state index contributed by atoms with van der Waals surface area (Å²) in [4.78, 5) is 27.1. The number of hydrogen-bond donors (Lipinski definition) is 4. The topological polar surface area (TPSA) is 127 Å². The van der Waals surface area contributed by atoms with Gasteiger partial charge in [0.15, 0.2) is 0 Å². The number of nitrogens with zero attached hydrogens (tertiary/aromatic N) is 3. The molecule has 4 heterocycles. The Morgan fingerprint density at radius 2 is 2.06 bits per heavy atom. The van der Waals surface area contributed by atoms with E-state index in [0.717, 1.165) is 63.0 Å². The Morgan fingerprint density at radius 1 is 1.20 bits per heavy atom. The standard InChI is InChI=1S/C24H27N7O2S2/c1-33-9-8-26-7-5-20(32)31-23-21(16-4-6-27-13-19(16)35-23)22-30-17-3-2-14(10-18(17)34-22)15-11-28-24(25)29-12-15/h2-3,10-12,26-27H,4-9,13H2,1H3,(H,31,32)(H2,25,28,29). The molecule has 5 N–H and O–H groups in total. The molecule has 0 spiro atoms. The number of hydrogen-bond acceptors (Lipinski definition) is 10. The van der Waals surface area contributed by atoms with E-state index in [1.807, 2.05) is 12.1 Å². The predicted octanol–water partition coefficient (Wildman–Crippen LogP) is 3.27. The number of carbonyl (C=O) groups excluding carboxylic acids is 1. The highest BCUT2D eigenvalue weighted by Gasteiger charge is 2.25. The number of nitrogens with two attached hydrogens (primary N) is 1. The molecule has 0 bridgehead atoms. The van der Waals surface area contributed by atoms with E-state index < -0.39 is 0 Å². The number of anilines is 2. The van der Waals surface area contributed by atoms with Gasteiger partial charge in [-0.2, -0.15) is 0 Å². The molecule has 0 atom stereocenters. The molecule has 9 nitrogen and oxygen atoms in total. The number of rotatable bonds is 9. The number of nitrogens with one attached hydrogen (secondary N) is 3. The van der Waals surface area contributed by atoms with E-state index in [1.54, 1.807) is 42.2 Å². The Kier molecular flexibility index (Phi) is 7.30. The smallest absolute Gasteiger partial charge is 0.226 e. The summed E-state index contributed by atoms with van der Waals surface area (Å²) in [7, 11) is 1.67. The second-order valence-electron chi connectivity index (χ2n) is 8.21. The predicted molar refractivity (Wildman–Crippen MR) is 142 cm³/mol. The van der Waals surface area contributed by atoms with Gasteiger partial charge in [-0.05, 0) is 36.2 Å². The molecule has 0 unspecified atom stereocenters. The fraction of sp³-hybridized carbons (Fsp3) is 0.333. The van der Waals surface area contributed by atoms with Crippen LogP contribution in [0, 0.1) is 0 Å². The first-order valence-corrected chi connectivity index (χ1v) is 13.1. The van der Waals surface area contributed by atoms with Crippen molar-refractivity contribution >= 4 is 49.7 Å². The average Bonchev–Trinajstić information content (AvgIpc) is 3.44. The molecular formula is C24H27N7O2S2. The third kappa shape index (κ3) is 5.34. The second kappa shape index (κ2) is 10.8. The maximum absolute atomic E-state index is 12.7. The van der Waals surface area contributed by atoms with Gasteiger partial charge in [-0.1, -0.05) is 6.07 Å². The van der Waals surface area contributed by atoms with Crippen LogP contribution in [0.3, 0.4) is 0 Å². The van der Waals surface area contributed by atoms with Crippen LogP contribution in [0.5, 0.6) is 0 Å². The molecule has 1 amide bonds. The van der Waals surface area contributed by atoms with Crippen molar-refractivity contribution in [2.24, 2.45) is 0 Å². The van der Waals surface area contributed by atoms with Crippen molar-refractivity contribution < 1.29 is 9.53 Å². The summed E-state index contributed by atoms with van der Waals surface area (Å²) in [6, 6.07) is 6.15. The van der Waals surface area contributed by atoms with Gasteiger partial charge in [-0.3, -0.25) is 4.79 Å². The molecule has 0 saturated heterocycles. The molecule has 1 aliphatic rings. The molecule has 4 aromatic rings. The van der Waals surface area contributed by atoms with Crippen LogP contribution in [0.2, 0.25) is 0 Å². The van der Waals surface area contributed by atoms with Gasteiger partial charge >= 0.3 is 0 Å². The Labute approximate surface area is 211 Å². The molecule has 1 aromatic carbocycles. The molecule has 0 saturated carbocycles. The highest BCUT2D eigenvalue weighted by atomic mass is 32.1. The van der Waals surface area contributed by atoms with Crippen LogP contribution in [-0.4, -0.2) is 54.2 Å². The number of amides is 1. The van der Waals surface area contributed by atoms with E-state index in [9.17, 15) is 4.79 Å². The number of aromatic nitrogens is 3. The highest BCUT2D eigenvalue weighted by Crippen LogP contribution is 2.45. The molecule has 0 radical (unpaired) electrons. The van der Waals surface area contributed by atoms with Crippen LogP contribution in [0.15, 0.2) is 30.6 Å². The molecular weight excluding hydrogens is 482 g/mol. The van der Waals surface area contributed by atoms with E-state index in [0.29, 0.717) is 19.6 Å². The Bertz CT molecular complexity index is 1330. The monoisotopic (exact) mass is 509 g/mol. The molecule has 0 fully saturated rings. The molecule has 1 aliphatic heterocycles. The zero-order valence-electron chi connectivity index (χ0n) is 19.4. The van der Waals surface area contributed by atoms with Gasteiger partial charge in [0.25, 0.3) is 0 Å². The van der Waals surface area contributed by atoms with Gasteiger partial charge in [0, 0.05) is 61.6 Å². The summed E-state index contributed by atoms with van der Waals surface area (Å²) in [6.07, 6.45) is 4.77. The Morgan fingerprint density at radius 3 is 2.89 bits per heavy atom. The van der Waals surface area contributed by atoms with Crippen LogP contribution in [0.1, 0.15) is 16.9 Å². The van der Waals surface area contributed by atoms with E-state index >= 15 is 0 Å². The lowest BCUT2D eigenvalue weighted by Crippen LogP contribution is -2.24. The second-order valence-corrected chi connectivity index (χ2v) is 10.3. The van der Waals surface area contributed by atoms with Crippen molar-refractivity contribution in [1.82, 2.24) is 25.6 Å². The zero-order valence-corrected chi connectivity index (χ0v) is 21.0. The maximum atomic E-state index is 12.7. The van der Waals surface area contributed by atoms with E-state index in [4.69, 9.17) is 15.5 Å².